The number of aryl methyl sites for hydroxylation is 1. The molecule has 0 aromatic carbocycles. The first-order chi connectivity index (χ1) is 6.20. The Balaban J connectivity index is 2.75. The molecule has 3 nitrogen and oxygen atoms in total. The van der Waals surface area contributed by atoms with Crippen LogP contribution in [0.2, 0.25) is 0 Å². The molecule has 2 aromatic rings. The lowest BCUT2D eigenvalue weighted by molar-refractivity contribution is 0.613. The van der Waals surface area contributed by atoms with Crippen LogP contribution in [-0.4, -0.2) is 14.5 Å². The summed E-state index contributed by atoms with van der Waals surface area (Å²) in [4.78, 5) is 8.66. The van der Waals surface area contributed by atoms with Crippen LogP contribution in [0.4, 0.5) is 0 Å². The number of pyridine rings is 1. The second-order valence-corrected chi connectivity index (χ2v) is 3.55. The molecule has 0 fully saturated rings. The third-order valence-electron chi connectivity index (χ3n) is 2.22. The molecule has 0 atom stereocenters. The summed E-state index contributed by atoms with van der Waals surface area (Å²) in [7, 11) is 0. The normalized spacial score (nSPS) is 11.4. The van der Waals surface area contributed by atoms with Gasteiger partial charge in [-0.2, -0.15) is 0 Å². The fraction of sp³-hybridized carbons (Fsp3) is 0.400. The van der Waals surface area contributed by atoms with E-state index in [0.717, 1.165) is 11.2 Å². The molecule has 68 valence electrons. The van der Waals surface area contributed by atoms with Gasteiger partial charge >= 0.3 is 0 Å². The van der Waals surface area contributed by atoms with E-state index >= 15 is 0 Å². The Hall–Kier alpha value is -1.38. The van der Waals surface area contributed by atoms with E-state index in [1.54, 1.807) is 0 Å². The number of fused-ring (bicyclic) bond motifs is 1. The molecule has 2 rings (SSSR count). The summed E-state index contributed by atoms with van der Waals surface area (Å²) >= 11 is 0. The van der Waals surface area contributed by atoms with Gasteiger partial charge in [0.05, 0.1) is 6.33 Å². The number of aromatic nitrogens is 3. The molecule has 0 aliphatic carbocycles. The molecule has 3 heteroatoms. The van der Waals surface area contributed by atoms with Crippen LogP contribution in [0, 0.1) is 6.92 Å². The molecule has 0 radical (unpaired) electrons. The average molecular weight is 175 g/mol. The SMILES string of the molecule is Cc1ccnc2c1ncn2C(C)C. The number of hydrogen-bond acceptors (Lipinski definition) is 2. The van der Waals surface area contributed by atoms with Crippen molar-refractivity contribution in [3.63, 3.8) is 0 Å². The first-order valence-corrected chi connectivity index (χ1v) is 4.48. The highest BCUT2D eigenvalue weighted by molar-refractivity contribution is 5.74. The first kappa shape index (κ1) is 8.23. The van der Waals surface area contributed by atoms with Crippen molar-refractivity contribution in [3.8, 4) is 0 Å². The largest absolute Gasteiger partial charge is 0.313 e. The van der Waals surface area contributed by atoms with Gasteiger partial charge in [0.15, 0.2) is 5.65 Å². The maximum atomic E-state index is 4.34. The fourth-order valence-corrected chi connectivity index (χ4v) is 1.44. The van der Waals surface area contributed by atoms with Gasteiger partial charge in [-0.05, 0) is 32.4 Å². The molecule has 0 N–H and O–H groups in total. The van der Waals surface area contributed by atoms with Crippen molar-refractivity contribution < 1.29 is 0 Å². The predicted molar refractivity (Wildman–Crippen MR) is 52.7 cm³/mol. The molecule has 0 spiro atoms. The summed E-state index contributed by atoms with van der Waals surface area (Å²) in [5.41, 5.74) is 3.18. The molecule has 0 saturated carbocycles. The quantitative estimate of drug-likeness (QED) is 0.666. The molecule has 0 amide bonds. The smallest absolute Gasteiger partial charge is 0.160 e. The van der Waals surface area contributed by atoms with E-state index < -0.39 is 0 Å². The van der Waals surface area contributed by atoms with Crippen molar-refractivity contribution >= 4 is 11.2 Å². The molecular formula is C10H13N3. The minimum absolute atomic E-state index is 0.416. The number of imidazole rings is 1. The van der Waals surface area contributed by atoms with Crippen LogP contribution in [-0.2, 0) is 0 Å². The van der Waals surface area contributed by atoms with Gasteiger partial charge in [0.25, 0.3) is 0 Å². The minimum atomic E-state index is 0.416. The van der Waals surface area contributed by atoms with E-state index in [-0.39, 0.29) is 0 Å². The minimum Gasteiger partial charge on any atom is -0.313 e. The number of rotatable bonds is 1. The Morgan fingerprint density at radius 3 is 2.77 bits per heavy atom. The van der Waals surface area contributed by atoms with Crippen LogP contribution < -0.4 is 0 Å². The van der Waals surface area contributed by atoms with Crippen molar-refractivity contribution in [2.24, 2.45) is 0 Å². The third-order valence-corrected chi connectivity index (χ3v) is 2.22. The summed E-state index contributed by atoms with van der Waals surface area (Å²) in [6, 6.07) is 2.40. The molecule has 13 heavy (non-hydrogen) atoms. The van der Waals surface area contributed by atoms with Crippen LogP contribution in [0.15, 0.2) is 18.6 Å². The van der Waals surface area contributed by atoms with Crippen LogP contribution in [0.1, 0.15) is 25.5 Å². The zero-order valence-electron chi connectivity index (χ0n) is 8.15. The van der Waals surface area contributed by atoms with Crippen molar-refractivity contribution in [1.82, 2.24) is 14.5 Å². The zero-order chi connectivity index (χ0) is 9.42. The van der Waals surface area contributed by atoms with Gasteiger partial charge in [0.1, 0.15) is 5.52 Å². The van der Waals surface area contributed by atoms with E-state index in [9.17, 15) is 0 Å². The van der Waals surface area contributed by atoms with Crippen molar-refractivity contribution in [3.05, 3.63) is 24.2 Å². The standard InChI is InChI=1S/C10H13N3/c1-7(2)13-6-12-9-8(3)4-5-11-10(9)13/h4-7H,1-3H3. The summed E-state index contributed by atoms with van der Waals surface area (Å²) in [5, 5.41) is 0. The lowest BCUT2D eigenvalue weighted by Crippen LogP contribution is -1.99. The lowest BCUT2D eigenvalue weighted by Gasteiger charge is -2.06. The van der Waals surface area contributed by atoms with Crippen LogP contribution in [0.5, 0.6) is 0 Å². The lowest BCUT2D eigenvalue weighted by atomic mass is 10.3. The third kappa shape index (κ3) is 1.20. The van der Waals surface area contributed by atoms with E-state index in [0.29, 0.717) is 6.04 Å². The molecule has 2 aromatic heterocycles. The Kier molecular flexibility index (Phi) is 1.79. The van der Waals surface area contributed by atoms with E-state index in [1.807, 2.05) is 18.6 Å². The second kappa shape index (κ2) is 2.83. The van der Waals surface area contributed by atoms with Crippen LogP contribution in [0.25, 0.3) is 11.2 Å². The van der Waals surface area contributed by atoms with Crippen molar-refractivity contribution in [2.75, 3.05) is 0 Å². The van der Waals surface area contributed by atoms with E-state index in [4.69, 9.17) is 0 Å². The van der Waals surface area contributed by atoms with Gasteiger partial charge in [0.2, 0.25) is 0 Å². The predicted octanol–water partition coefficient (Wildman–Crippen LogP) is 2.32. The van der Waals surface area contributed by atoms with Gasteiger partial charge in [0, 0.05) is 12.2 Å². The molecule has 0 unspecified atom stereocenters. The number of nitrogens with zero attached hydrogens (tertiary/aromatic N) is 3. The topological polar surface area (TPSA) is 30.7 Å². The number of hydrogen-bond donors (Lipinski definition) is 0. The molecule has 0 saturated heterocycles. The van der Waals surface area contributed by atoms with Gasteiger partial charge in [-0.25, -0.2) is 9.97 Å². The maximum Gasteiger partial charge on any atom is 0.160 e. The van der Waals surface area contributed by atoms with Crippen molar-refractivity contribution in [2.45, 2.75) is 26.8 Å². The average Bonchev–Trinajstić information content (AvgIpc) is 2.48. The Bertz CT molecular complexity index is 429. The first-order valence-electron chi connectivity index (χ1n) is 4.48. The van der Waals surface area contributed by atoms with Gasteiger partial charge in [-0.3, -0.25) is 0 Å². The molecule has 0 bridgehead atoms. The summed E-state index contributed by atoms with van der Waals surface area (Å²) in [6.07, 6.45) is 3.69. The summed E-state index contributed by atoms with van der Waals surface area (Å²) in [5.74, 6) is 0. The highest BCUT2D eigenvalue weighted by Crippen LogP contribution is 2.17. The molecule has 0 aliphatic heterocycles. The zero-order valence-corrected chi connectivity index (χ0v) is 8.15. The maximum absolute atomic E-state index is 4.34. The summed E-state index contributed by atoms with van der Waals surface area (Å²) < 4.78 is 2.09. The van der Waals surface area contributed by atoms with Crippen molar-refractivity contribution in [1.29, 1.82) is 0 Å². The second-order valence-electron chi connectivity index (χ2n) is 3.55. The molecule has 0 aliphatic rings. The van der Waals surface area contributed by atoms with E-state index in [2.05, 4.69) is 35.3 Å². The van der Waals surface area contributed by atoms with Gasteiger partial charge in [-0.15, -0.1) is 0 Å². The summed E-state index contributed by atoms with van der Waals surface area (Å²) in [6.45, 7) is 6.32. The highest BCUT2D eigenvalue weighted by Gasteiger charge is 2.07. The van der Waals surface area contributed by atoms with Crippen LogP contribution in [0.3, 0.4) is 0 Å². The Morgan fingerprint density at radius 1 is 1.31 bits per heavy atom. The fourth-order valence-electron chi connectivity index (χ4n) is 1.44. The monoisotopic (exact) mass is 175 g/mol. The Labute approximate surface area is 77.4 Å². The van der Waals surface area contributed by atoms with Gasteiger partial charge < -0.3 is 4.57 Å². The Morgan fingerprint density at radius 2 is 2.08 bits per heavy atom. The van der Waals surface area contributed by atoms with Crippen LogP contribution >= 0.6 is 0 Å². The molecule has 2 heterocycles. The highest BCUT2D eigenvalue weighted by atomic mass is 15.1. The molecular weight excluding hydrogens is 162 g/mol. The van der Waals surface area contributed by atoms with E-state index in [1.165, 1.54) is 5.56 Å². The van der Waals surface area contributed by atoms with Gasteiger partial charge in [-0.1, -0.05) is 0 Å².